The summed E-state index contributed by atoms with van der Waals surface area (Å²) < 4.78 is 5.93. The minimum Gasteiger partial charge on any atom is -0.493 e. The number of amides is 2. The van der Waals surface area contributed by atoms with Crippen LogP contribution >= 0.6 is 0 Å². The van der Waals surface area contributed by atoms with E-state index in [4.69, 9.17) is 4.74 Å². The Morgan fingerprint density at radius 3 is 2.62 bits per heavy atom. The van der Waals surface area contributed by atoms with Gasteiger partial charge in [0.1, 0.15) is 5.75 Å². The zero-order chi connectivity index (χ0) is 20.1. The molecule has 29 heavy (non-hydrogen) atoms. The highest BCUT2D eigenvalue weighted by atomic mass is 16.5. The monoisotopic (exact) mass is 392 g/mol. The lowest BCUT2D eigenvalue weighted by Gasteiger charge is -2.32. The van der Waals surface area contributed by atoms with Crippen LogP contribution in [-0.2, 0) is 16.0 Å². The van der Waals surface area contributed by atoms with E-state index in [9.17, 15) is 9.59 Å². The summed E-state index contributed by atoms with van der Waals surface area (Å²) in [5.41, 5.74) is 3.29. The molecule has 1 N–H and O–H groups in total. The largest absolute Gasteiger partial charge is 0.493 e. The maximum absolute atomic E-state index is 12.5. The average molecular weight is 392 g/mol. The van der Waals surface area contributed by atoms with Gasteiger partial charge in [-0.05, 0) is 49.3 Å². The number of anilines is 1. The summed E-state index contributed by atoms with van der Waals surface area (Å²) in [5.74, 6) is 1.66. The van der Waals surface area contributed by atoms with Gasteiger partial charge in [0, 0.05) is 37.2 Å². The SMILES string of the molecule is O=C1CCc2c(cccc2OCCCC(=O)N2CCC(c3ccccc3)CC2)N1. The molecule has 2 aliphatic rings. The predicted molar refractivity (Wildman–Crippen MR) is 113 cm³/mol. The first kappa shape index (κ1) is 19.5. The van der Waals surface area contributed by atoms with Gasteiger partial charge in [0.25, 0.3) is 0 Å². The van der Waals surface area contributed by atoms with E-state index in [1.54, 1.807) is 0 Å². The number of nitrogens with zero attached hydrogens (tertiary/aromatic N) is 1. The average Bonchev–Trinajstić information content (AvgIpc) is 2.77. The Morgan fingerprint density at radius 1 is 1.03 bits per heavy atom. The lowest BCUT2D eigenvalue weighted by molar-refractivity contribution is -0.132. The molecule has 0 bridgehead atoms. The predicted octanol–water partition coefficient (Wildman–Crippen LogP) is 4.14. The van der Waals surface area contributed by atoms with Gasteiger partial charge in [-0.15, -0.1) is 0 Å². The highest BCUT2D eigenvalue weighted by Crippen LogP contribution is 2.31. The van der Waals surface area contributed by atoms with Gasteiger partial charge >= 0.3 is 0 Å². The van der Waals surface area contributed by atoms with Crippen molar-refractivity contribution in [3.05, 3.63) is 59.7 Å². The molecule has 5 heteroatoms. The number of carbonyl (C=O) groups is 2. The van der Waals surface area contributed by atoms with E-state index < -0.39 is 0 Å². The second-order valence-corrected chi connectivity index (χ2v) is 7.85. The number of benzene rings is 2. The van der Waals surface area contributed by atoms with Crippen molar-refractivity contribution in [3.63, 3.8) is 0 Å². The molecular formula is C24H28N2O3. The van der Waals surface area contributed by atoms with Crippen LogP contribution in [0, 0.1) is 0 Å². The molecule has 2 aromatic carbocycles. The van der Waals surface area contributed by atoms with Crippen LogP contribution in [0.4, 0.5) is 5.69 Å². The Morgan fingerprint density at radius 2 is 1.83 bits per heavy atom. The molecule has 0 aromatic heterocycles. The van der Waals surface area contributed by atoms with Crippen LogP contribution in [-0.4, -0.2) is 36.4 Å². The van der Waals surface area contributed by atoms with Crippen molar-refractivity contribution in [2.24, 2.45) is 0 Å². The molecular weight excluding hydrogens is 364 g/mol. The minimum absolute atomic E-state index is 0.0521. The molecule has 1 fully saturated rings. The maximum Gasteiger partial charge on any atom is 0.224 e. The first-order valence-corrected chi connectivity index (χ1v) is 10.6. The molecule has 0 spiro atoms. The van der Waals surface area contributed by atoms with E-state index in [-0.39, 0.29) is 11.8 Å². The van der Waals surface area contributed by atoms with Crippen LogP contribution in [0.3, 0.4) is 0 Å². The first-order chi connectivity index (χ1) is 14.2. The van der Waals surface area contributed by atoms with E-state index in [2.05, 4.69) is 29.6 Å². The standard InChI is InChI=1S/C24H28N2O3/c27-23-12-11-20-21(25-23)8-4-9-22(20)29-17-5-10-24(28)26-15-13-19(14-16-26)18-6-2-1-3-7-18/h1-4,6-9,19H,5,10-17H2,(H,25,27). The summed E-state index contributed by atoms with van der Waals surface area (Å²) >= 11 is 0. The van der Waals surface area contributed by atoms with E-state index in [0.29, 0.717) is 38.2 Å². The molecule has 2 heterocycles. The lowest BCUT2D eigenvalue weighted by atomic mass is 9.89. The molecule has 0 unspecified atom stereocenters. The molecule has 1 saturated heterocycles. The summed E-state index contributed by atoms with van der Waals surface area (Å²) in [4.78, 5) is 26.1. The number of piperidine rings is 1. The van der Waals surface area contributed by atoms with Crippen LogP contribution in [0.2, 0.25) is 0 Å². The molecule has 152 valence electrons. The number of hydrogen-bond acceptors (Lipinski definition) is 3. The van der Waals surface area contributed by atoms with Crippen LogP contribution < -0.4 is 10.1 Å². The topological polar surface area (TPSA) is 58.6 Å². The summed E-state index contributed by atoms with van der Waals surface area (Å²) in [6, 6.07) is 16.3. The van der Waals surface area contributed by atoms with Crippen LogP contribution in [0.5, 0.6) is 5.75 Å². The Balaban J connectivity index is 1.20. The van der Waals surface area contributed by atoms with Crippen molar-refractivity contribution in [1.82, 2.24) is 4.90 Å². The van der Waals surface area contributed by atoms with Gasteiger partial charge < -0.3 is 15.0 Å². The van der Waals surface area contributed by atoms with Gasteiger partial charge in [-0.2, -0.15) is 0 Å². The van der Waals surface area contributed by atoms with E-state index in [0.717, 1.165) is 42.9 Å². The van der Waals surface area contributed by atoms with Gasteiger partial charge in [0.15, 0.2) is 0 Å². The number of carbonyl (C=O) groups excluding carboxylic acids is 2. The Kier molecular flexibility index (Phi) is 6.13. The summed E-state index contributed by atoms with van der Waals surface area (Å²) in [6.45, 7) is 2.19. The molecule has 2 aromatic rings. The Bertz CT molecular complexity index is 858. The quantitative estimate of drug-likeness (QED) is 0.752. The fourth-order valence-corrected chi connectivity index (χ4v) is 4.28. The third kappa shape index (κ3) is 4.78. The van der Waals surface area contributed by atoms with Gasteiger partial charge in [-0.3, -0.25) is 9.59 Å². The van der Waals surface area contributed by atoms with Crippen molar-refractivity contribution < 1.29 is 14.3 Å². The van der Waals surface area contributed by atoms with Gasteiger partial charge in [-0.1, -0.05) is 36.4 Å². The second-order valence-electron chi connectivity index (χ2n) is 7.85. The Hall–Kier alpha value is -2.82. The number of rotatable bonds is 6. The second kappa shape index (κ2) is 9.12. The van der Waals surface area contributed by atoms with Crippen molar-refractivity contribution in [2.45, 2.75) is 44.4 Å². The van der Waals surface area contributed by atoms with E-state index in [1.165, 1.54) is 5.56 Å². The highest BCUT2D eigenvalue weighted by molar-refractivity contribution is 5.94. The third-order valence-corrected chi connectivity index (χ3v) is 5.92. The van der Waals surface area contributed by atoms with E-state index in [1.807, 2.05) is 29.2 Å². The van der Waals surface area contributed by atoms with Crippen molar-refractivity contribution in [1.29, 1.82) is 0 Å². The van der Waals surface area contributed by atoms with Crippen molar-refractivity contribution in [2.75, 3.05) is 25.0 Å². The molecule has 0 saturated carbocycles. The van der Waals surface area contributed by atoms with Gasteiger partial charge in [0.05, 0.1) is 6.61 Å². The normalized spacial score (nSPS) is 16.8. The summed E-state index contributed by atoms with van der Waals surface area (Å²) in [5, 5.41) is 2.89. The zero-order valence-electron chi connectivity index (χ0n) is 16.7. The van der Waals surface area contributed by atoms with Crippen LogP contribution in [0.15, 0.2) is 48.5 Å². The fraction of sp³-hybridized carbons (Fsp3) is 0.417. The Labute approximate surface area is 172 Å². The molecule has 5 nitrogen and oxygen atoms in total. The fourth-order valence-electron chi connectivity index (χ4n) is 4.28. The molecule has 4 rings (SSSR count). The van der Waals surface area contributed by atoms with Crippen LogP contribution in [0.25, 0.3) is 0 Å². The van der Waals surface area contributed by atoms with Crippen LogP contribution in [0.1, 0.15) is 49.1 Å². The van der Waals surface area contributed by atoms with Crippen molar-refractivity contribution >= 4 is 17.5 Å². The highest BCUT2D eigenvalue weighted by Gasteiger charge is 2.23. The smallest absolute Gasteiger partial charge is 0.224 e. The number of hydrogen-bond donors (Lipinski definition) is 1. The molecule has 0 atom stereocenters. The summed E-state index contributed by atoms with van der Waals surface area (Å²) in [6.07, 6.45) is 4.48. The first-order valence-electron chi connectivity index (χ1n) is 10.6. The number of nitrogens with one attached hydrogen (secondary N) is 1. The van der Waals surface area contributed by atoms with Gasteiger partial charge in [-0.25, -0.2) is 0 Å². The third-order valence-electron chi connectivity index (χ3n) is 5.92. The molecule has 0 radical (unpaired) electrons. The number of fused-ring (bicyclic) bond motifs is 1. The number of ether oxygens (including phenoxy) is 1. The van der Waals surface area contributed by atoms with E-state index >= 15 is 0 Å². The molecule has 2 amide bonds. The van der Waals surface area contributed by atoms with Gasteiger partial charge in [0.2, 0.25) is 11.8 Å². The lowest BCUT2D eigenvalue weighted by Crippen LogP contribution is -2.37. The van der Waals surface area contributed by atoms with Crippen molar-refractivity contribution in [3.8, 4) is 5.75 Å². The minimum atomic E-state index is 0.0521. The summed E-state index contributed by atoms with van der Waals surface area (Å²) in [7, 11) is 0. The number of likely N-dealkylation sites (tertiary alicyclic amines) is 1. The molecule has 2 aliphatic heterocycles. The maximum atomic E-state index is 12.5. The molecule has 0 aliphatic carbocycles. The zero-order valence-corrected chi connectivity index (χ0v) is 16.7.